The van der Waals surface area contributed by atoms with E-state index in [9.17, 15) is 5.11 Å². The van der Waals surface area contributed by atoms with Crippen LogP contribution in [0.1, 0.15) is 37.4 Å². The molecule has 2 aromatic carbocycles. The van der Waals surface area contributed by atoms with Gasteiger partial charge >= 0.3 is 0 Å². The molecule has 3 nitrogen and oxygen atoms in total. The molecule has 26 heavy (non-hydrogen) atoms. The van der Waals surface area contributed by atoms with Crippen LogP contribution in [0.15, 0.2) is 48.5 Å². The zero-order valence-corrected chi connectivity index (χ0v) is 16.3. The SMILES string of the molecule is OC1CCN(CCCC(Oc2cc(Cl)ccc2Cl)c2ccccc2)CC1. The lowest BCUT2D eigenvalue weighted by Gasteiger charge is -2.30. The Kier molecular flexibility index (Phi) is 7.21. The van der Waals surface area contributed by atoms with Gasteiger partial charge in [-0.25, -0.2) is 0 Å². The van der Waals surface area contributed by atoms with Crippen molar-refractivity contribution >= 4 is 23.2 Å². The van der Waals surface area contributed by atoms with Gasteiger partial charge in [-0.15, -0.1) is 0 Å². The highest BCUT2D eigenvalue weighted by Crippen LogP contribution is 2.33. The molecule has 0 aromatic heterocycles. The Bertz CT molecular complexity index is 688. The van der Waals surface area contributed by atoms with Gasteiger partial charge in [0.25, 0.3) is 0 Å². The number of hydrogen-bond acceptors (Lipinski definition) is 3. The minimum absolute atomic E-state index is 0.0671. The maximum Gasteiger partial charge on any atom is 0.140 e. The molecule has 2 aromatic rings. The molecular formula is C21H25Cl2NO2. The van der Waals surface area contributed by atoms with Crippen LogP contribution < -0.4 is 4.74 Å². The van der Waals surface area contributed by atoms with E-state index < -0.39 is 0 Å². The van der Waals surface area contributed by atoms with E-state index in [1.165, 1.54) is 0 Å². The second kappa shape index (κ2) is 9.61. The maximum atomic E-state index is 9.63. The number of piperidine rings is 1. The molecule has 1 N–H and O–H groups in total. The molecule has 1 aliphatic rings. The molecule has 0 spiro atoms. The normalized spacial score (nSPS) is 17.2. The van der Waals surface area contributed by atoms with E-state index in [2.05, 4.69) is 17.0 Å². The van der Waals surface area contributed by atoms with Crippen molar-refractivity contribution in [2.45, 2.75) is 37.9 Å². The monoisotopic (exact) mass is 393 g/mol. The molecule has 3 rings (SSSR count). The quantitative estimate of drug-likeness (QED) is 0.687. The average molecular weight is 394 g/mol. The van der Waals surface area contributed by atoms with Crippen LogP contribution in [0.25, 0.3) is 0 Å². The smallest absolute Gasteiger partial charge is 0.140 e. The molecule has 5 heteroatoms. The van der Waals surface area contributed by atoms with Crippen LogP contribution >= 0.6 is 23.2 Å². The number of aliphatic hydroxyl groups is 1. The topological polar surface area (TPSA) is 32.7 Å². The van der Waals surface area contributed by atoms with Crippen molar-refractivity contribution in [1.29, 1.82) is 0 Å². The van der Waals surface area contributed by atoms with Gasteiger partial charge in [0, 0.05) is 24.2 Å². The first-order chi connectivity index (χ1) is 12.6. The molecule has 0 amide bonds. The Balaban J connectivity index is 1.63. The van der Waals surface area contributed by atoms with Gasteiger partial charge in [0.1, 0.15) is 11.9 Å². The van der Waals surface area contributed by atoms with Crippen LogP contribution in [0.4, 0.5) is 0 Å². The summed E-state index contributed by atoms with van der Waals surface area (Å²) in [5.74, 6) is 0.620. The second-order valence-corrected chi connectivity index (χ2v) is 7.65. The molecule has 1 atom stereocenters. The molecule has 1 aliphatic heterocycles. The zero-order valence-electron chi connectivity index (χ0n) is 14.8. The van der Waals surface area contributed by atoms with Gasteiger partial charge < -0.3 is 14.7 Å². The summed E-state index contributed by atoms with van der Waals surface area (Å²) in [5.41, 5.74) is 1.14. The van der Waals surface area contributed by atoms with Gasteiger partial charge in [0.05, 0.1) is 11.1 Å². The van der Waals surface area contributed by atoms with E-state index in [1.807, 2.05) is 18.2 Å². The van der Waals surface area contributed by atoms with Crippen molar-refractivity contribution in [2.24, 2.45) is 0 Å². The number of benzene rings is 2. The van der Waals surface area contributed by atoms with Crippen molar-refractivity contribution in [3.05, 3.63) is 64.1 Å². The van der Waals surface area contributed by atoms with E-state index in [1.54, 1.807) is 18.2 Å². The van der Waals surface area contributed by atoms with Gasteiger partial charge in [0.2, 0.25) is 0 Å². The van der Waals surface area contributed by atoms with Crippen LogP contribution in [0.3, 0.4) is 0 Å². The Morgan fingerprint density at radius 1 is 1.08 bits per heavy atom. The van der Waals surface area contributed by atoms with Crippen molar-refractivity contribution in [3.8, 4) is 5.75 Å². The average Bonchev–Trinajstić information content (AvgIpc) is 2.66. The number of likely N-dealkylation sites (tertiary alicyclic amines) is 1. The molecule has 1 unspecified atom stereocenters. The lowest BCUT2D eigenvalue weighted by molar-refractivity contribution is 0.0794. The van der Waals surface area contributed by atoms with E-state index in [0.29, 0.717) is 15.8 Å². The lowest BCUT2D eigenvalue weighted by Crippen LogP contribution is -2.36. The van der Waals surface area contributed by atoms with Crippen LogP contribution in [0.2, 0.25) is 10.0 Å². The molecule has 1 saturated heterocycles. The number of nitrogens with zero attached hydrogens (tertiary/aromatic N) is 1. The molecule has 0 aliphatic carbocycles. The minimum atomic E-state index is -0.128. The van der Waals surface area contributed by atoms with Gasteiger partial charge in [0.15, 0.2) is 0 Å². The fraction of sp³-hybridized carbons (Fsp3) is 0.429. The Labute approximate surface area is 165 Å². The van der Waals surface area contributed by atoms with Gasteiger partial charge in [-0.3, -0.25) is 0 Å². The number of halogens is 2. The molecule has 0 radical (unpaired) electrons. The van der Waals surface area contributed by atoms with Crippen molar-refractivity contribution < 1.29 is 9.84 Å². The summed E-state index contributed by atoms with van der Waals surface area (Å²) in [6.45, 7) is 2.96. The van der Waals surface area contributed by atoms with Crippen LogP contribution in [0, 0.1) is 0 Å². The second-order valence-electron chi connectivity index (χ2n) is 6.81. The first-order valence-corrected chi connectivity index (χ1v) is 9.94. The van der Waals surface area contributed by atoms with Crippen LogP contribution in [-0.4, -0.2) is 35.7 Å². The summed E-state index contributed by atoms with van der Waals surface area (Å²) in [6, 6.07) is 15.5. The molecule has 1 fully saturated rings. The fourth-order valence-electron chi connectivity index (χ4n) is 3.33. The highest BCUT2D eigenvalue weighted by Gasteiger charge is 2.19. The van der Waals surface area contributed by atoms with Gasteiger partial charge in [-0.1, -0.05) is 53.5 Å². The van der Waals surface area contributed by atoms with Crippen molar-refractivity contribution in [3.63, 3.8) is 0 Å². The molecule has 1 heterocycles. The van der Waals surface area contributed by atoms with Crippen LogP contribution in [-0.2, 0) is 0 Å². The Morgan fingerprint density at radius 2 is 1.81 bits per heavy atom. The van der Waals surface area contributed by atoms with Crippen molar-refractivity contribution in [1.82, 2.24) is 4.90 Å². The van der Waals surface area contributed by atoms with E-state index in [-0.39, 0.29) is 12.2 Å². The first-order valence-electron chi connectivity index (χ1n) is 9.19. The van der Waals surface area contributed by atoms with E-state index >= 15 is 0 Å². The highest BCUT2D eigenvalue weighted by atomic mass is 35.5. The molecule has 140 valence electrons. The van der Waals surface area contributed by atoms with E-state index in [0.717, 1.165) is 50.9 Å². The van der Waals surface area contributed by atoms with E-state index in [4.69, 9.17) is 27.9 Å². The standard InChI is InChI=1S/C21H25Cl2NO2/c22-17-8-9-19(23)21(15-17)26-20(16-5-2-1-3-6-16)7-4-12-24-13-10-18(25)11-14-24/h1-3,5-6,8-9,15,18,20,25H,4,7,10-14H2. The highest BCUT2D eigenvalue weighted by molar-refractivity contribution is 6.34. The van der Waals surface area contributed by atoms with Gasteiger partial charge in [-0.2, -0.15) is 0 Å². The summed E-state index contributed by atoms with van der Waals surface area (Å²) in [5, 5.41) is 10.8. The number of rotatable bonds is 7. The molecule has 0 saturated carbocycles. The predicted molar refractivity (Wildman–Crippen MR) is 107 cm³/mol. The van der Waals surface area contributed by atoms with Crippen molar-refractivity contribution in [2.75, 3.05) is 19.6 Å². The maximum absolute atomic E-state index is 9.63. The third kappa shape index (κ3) is 5.62. The summed E-state index contributed by atoms with van der Waals surface area (Å²) in [6.07, 6.45) is 3.46. The zero-order chi connectivity index (χ0) is 18.4. The van der Waals surface area contributed by atoms with Crippen LogP contribution in [0.5, 0.6) is 5.75 Å². The Hall–Kier alpha value is -1.26. The summed E-state index contributed by atoms with van der Waals surface area (Å²) < 4.78 is 6.24. The Morgan fingerprint density at radius 3 is 2.54 bits per heavy atom. The molecule has 0 bridgehead atoms. The first kappa shape index (κ1) is 19.5. The summed E-state index contributed by atoms with van der Waals surface area (Å²) in [4.78, 5) is 2.42. The lowest BCUT2D eigenvalue weighted by atomic mass is 10.0. The third-order valence-corrected chi connectivity index (χ3v) is 5.38. The summed E-state index contributed by atoms with van der Waals surface area (Å²) in [7, 11) is 0. The number of ether oxygens (including phenoxy) is 1. The molecular weight excluding hydrogens is 369 g/mol. The largest absolute Gasteiger partial charge is 0.484 e. The van der Waals surface area contributed by atoms with Gasteiger partial charge in [-0.05, 0) is 49.9 Å². The predicted octanol–water partition coefficient (Wildman–Crippen LogP) is 5.35. The fourth-order valence-corrected chi connectivity index (χ4v) is 3.65. The third-order valence-electron chi connectivity index (χ3n) is 4.83. The minimum Gasteiger partial charge on any atom is -0.484 e. The number of aliphatic hydroxyl groups excluding tert-OH is 1. The summed E-state index contributed by atoms with van der Waals surface area (Å²) >= 11 is 12.4. The number of hydrogen-bond donors (Lipinski definition) is 1.